The predicted molar refractivity (Wildman–Crippen MR) is 78.5 cm³/mol. The summed E-state index contributed by atoms with van der Waals surface area (Å²) in [6, 6.07) is 7.89. The van der Waals surface area contributed by atoms with Crippen LogP contribution in [-0.4, -0.2) is 40.5 Å². The molecule has 0 radical (unpaired) electrons. The second-order valence-electron chi connectivity index (χ2n) is 4.51. The maximum Gasteiger partial charge on any atom is 0.336 e. The van der Waals surface area contributed by atoms with Crippen LogP contribution in [0.1, 0.15) is 24.2 Å². The Morgan fingerprint density at radius 3 is 2.71 bits per heavy atom. The number of carbonyl (C=O) groups excluding carboxylic acids is 1. The van der Waals surface area contributed by atoms with Gasteiger partial charge in [-0.15, -0.1) is 5.10 Å². The van der Waals surface area contributed by atoms with Crippen molar-refractivity contribution < 1.29 is 14.3 Å². The summed E-state index contributed by atoms with van der Waals surface area (Å²) in [7, 11) is 0. The molecule has 2 rings (SSSR count). The lowest BCUT2D eigenvalue weighted by molar-refractivity contribution is 0.0915. The molecular formula is C15H19N3O3. The van der Waals surface area contributed by atoms with E-state index in [2.05, 4.69) is 10.1 Å². The van der Waals surface area contributed by atoms with Gasteiger partial charge in [-0.25, -0.2) is 0 Å². The molecule has 0 atom stereocenters. The number of hydrogen-bond donors (Lipinski definition) is 0. The normalized spacial score (nSPS) is 10.6. The average molecular weight is 289 g/mol. The van der Waals surface area contributed by atoms with Gasteiger partial charge in [0.15, 0.2) is 5.82 Å². The topological polar surface area (TPSA) is 66.2 Å². The maximum atomic E-state index is 11.7. The van der Waals surface area contributed by atoms with Gasteiger partial charge in [0.2, 0.25) is 5.91 Å². The van der Waals surface area contributed by atoms with E-state index in [1.807, 2.05) is 38.1 Å². The molecule has 0 saturated heterocycles. The summed E-state index contributed by atoms with van der Waals surface area (Å²) in [5.41, 5.74) is 1.88. The lowest BCUT2D eigenvalue weighted by Gasteiger charge is -2.04. The van der Waals surface area contributed by atoms with Gasteiger partial charge >= 0.3 is 6.01 Å². The van der Waals surface area contributed by atoms with Crippen molar-refractivity contribution >= 4 is 5.91 Å². The van der Waals surface area contributed by atoms with Gasteiger partial charge in [-0.05, 0) is 19.4 Å². The molecule has 21 heavy (non-hydrogen) atoms. The van der Waals surface area contributed by atoms with E-state index in [9.17, 15) is 4.79 Å². The van der Waals surface area contributed by atoms with Crippen LogP contribution in [0.15, 0.2) is 24.3 Å². The molecule has 6 nitrogen and oxygen atoms in total. The van der Waals surface area contributed by atoms with Crippen molar-refractivity contribution in [3.63, 3.8) is 0 Å². The van der Waals surface area contributed by atoms with Crippen LogP contribution >= 0.6 is 0 Å². The Morgan fingerprint density at radius 1 is 1.29 bits per heavy atom. The van der Waals surface area contributed by atoms with Crippen molar-refractivity contribution in [3.05, 3.63) is 29.8 Å². The van der Waals surface area contributed by atoms with Crippen molar-refractivity contribution in [2.75, 3.05) is 19.8 Å². The fraction of sp³-hybridized carbons (Fsp3) is 0.400. The van der Waals surface area contributed by atoms with E-state index in [1.54, 1.807) is 0 Å². The second kappa shape index (κ2) is 6.99. The summed E-state index contributed by atoms with van der Waals surface area (Å²) in [5.74, 6) is 0.285. The highest BCUT2D eigenvalue weighted by molar-refractivity contribution is 5.80. The molecule has 0 aliphatic carbocycles. The zero-order valence-electron chi connectivity index (χ0n) is 12.5. The Balaban J connectivity index is 2.26. The van der Waals surface area contributed by atoms with Crippen LogP contribution in [-0.2, 0) is 4.74 Å². The molecule has 112 valence electrons. The first kappa shape index (κ1) is 15.2. The van der Waals surface area contributed by atoms with Crippen LogP contribution in [0, 0.1) is 6.92 Å². The highest BCUT2D eigenvalue weighted by Crippen LogP contribution is 2.23. The molecule has 0 saturated carbocycles. The van der Waals surface area contributed by atoms with Crippen LogP contribution < -0.4 is 4.74 Å². The van der Waals surface area contributed by atoms with Crippen molar-refractivity contribution in [2.45, 2.75) is 20.8 Å². The van der Waals surface area contributed by atoms with E-state index in [0.29, 0.717) is 25.6 Å². The number of nitrogens with zero attached hydrogens (tertiary/aromatic N) is 3. The standard InChI is InChI=1S/C15H19N3O3/c1-4-20-9-10-21-15-16-14(18(17-15)12(3)19)13-8-6-5-7-11(13)2/h5-8H,4,9-10H2,1-3H3. The van der Waals surface area contributed by atoms with E-state index < -0.39 is 0 Å². The van der Waals surface area contributed by atoms with Crippen molar-refractivity contribution in [1.82, 2.24) is 14.8 Å². The Kier molecular flexibility index (Phi) is 5.05. The van der Waals surface area contributed by atoms with Gasteiger partial charge in [0.1, 0.15) is 6.61 Å². The van der Waals surface area contributed by atoms with E-state index in [0.717, 1.165) is 11.1 Å². The number of carbonyl (C=O) groups is 1. The average Bonchev–Trinajstić information content (AvgIpc) is 2.88. The van der Waals surface area contributed by atoms with Gasteiger partial charge in [-0.2, -0.15) is 9.67 Å². The zero-order valence-corrected chi connectivity index (χ0v) is 12.5. The minimum Gasteiger partial charge on any atom is -0.460 e. The summed E-state index contributed by atoms with van der Waals surface area (Å²) in [5, 5.41) is 4.10. The molecule has 0 aliphatic rings. The predicted octanol–water partition coefficient (Wildman–Crippen LogP) is 2.33. The van der Waals surface area contributed by atoms with E-state index >= 15 is 0 Å². The molecule has 0 spiro atoms. The fourth-order valence-corrected chi connectivity index (χ4v) is 1.91. The van der Waals surface area contributed by atoms with Gasteiger partial charge < -0.3 is 9.47 Å². The summed E-state index contributed by atoms with van der Waals surface area (Å²) in [4.78, 5) is 16.0. The molecule has 0 fully saturated rings. The third-order valence-corrected chi connectivity index (χ3v) is 2.93. The molecule has 1 aromatic heterocycles. The molecule has 0 N–H and O–H groups in total. The molecule has 1 heterocycles. The lowest BCUT2D eigenvalue weighted by atomic mass is 10.1. The molecule has 0 unspecified atom stereocenters. The number of hydrogen-bond acceptors (Lipinski definition) is 5. The first-order valence-electron chi connectivity index (χ1n) is 6.88. The number of benzene rings is 1. The number of aromatic nitrogens is 3. The first-order valence-corrected chi connectivity index (χ1v) is 6.88. The zero-order chi connectivity index (χ0) is 15.2. The maximum absolute atomic E-state index is 11.7. The molecule has 0 aliphatic heterocycles. The molecule has 0 bridgehead atoms. The van der Waals surface area contributed by atoms with Crippen LogP contribution in [0.3, 0.4) is 0 Å². The monoisotopic (exact) mass is 289 g/mol. The number of rotatable bonds is 6. The summed E-state index contributed by atoms with van der Waals surface area (Å²) < 4.78 is 11.9. The largest absolute Gasteiger partial charge is 0.460 e. The Bertz CT molecular complexity index is 622. The molecule has 1 aromatic carbocycles. The molecular weight excluding hydrogens is 270 g/mol. The van der Waals surface area contributed by atoms with Crippen molar-refractivity contribution in [1.29, 1.82) is 0 Å². The van der Waals surface area contributed by atoms with E-state index in [4.69, 9.17) is 9.47 Å². The Labute approximate surface area is 123 Å². The van der Waals surface area contributed by atoms with Gasteiger partial charge in [-0.3, -0.25) is 4.79 Å². The van der Waals surface area contributed by atoms with Crippen LogP contribution in [0.5, 0.6) is 6.01 Å². The summed E-state index contributed by atoms with van der Waals surface area (Å²) in [6.07, 6.45) is 0. The SMILES string of the molecule is CCOCCOc1nc(-c2ccccc2C)n(C(C)=O)n1. The minimum absolute atomic E-state index is 0.183. The third kappa shape index (κ3) is 3.66. The van der Waals surface area contributed by atoms with Crippen LogP contribution in [0.4, 0.5) is 0 Å². The van der Waals surface area contributed by atoms with Crippen LogP contribution in [0.25, 0.3) is 11.4 Å². The number of ether oxygens (including phenoxy) is 2. The smallest absolute Gasteiger partial charge is 0.336 e. The first-order chi connectivity index (χ1) is 10.1. The third-order valence-electron chi connectivity index (χ3n) is 2.93. The number of aryl methyl sites for hydroxylation is 1. The Hall–Kier alpha value is -2.21. The highest BCUT2D eigenvalue weighted by Gasteiger charge is 2.17. The van der Waals surface area contributed by atoms with E-state index in [1.165, 1.54) is 11.6 Å². The highest BCUT2D eigenvalue weighted by atomic mass is 16.5. The second-order valence-corrected chi connectivity index (χ2v) is 4.51. The van der Waals surface area contributed by atoms with Gasteiger partial charge in [0, 0.05) is 19.1 Å². The summed E-state index contributed by atoms with van der Waals surface area (Å²) >= 11 is 0. The van der Waals surface area contributed by atoms with Gasteiger partial charge in [0.05, 0.1) is 6.61 Å². The minimum atomic E-state index is -0.208. The lowest BCUT2D eigenvalue weighted by Crippen LogP contribution is -2.10. The fourth-order valence-electron chi connectivity index (χ4n) is 1.91. The Morgan fingerprint density at radius 2 is 2.05 bits per heavy atom. The molecule has 6 heteroatoms. The molecule has 0 amide bonds. The van der Waals surface area contributed by atoms with Crippen LogP contribution in [0.2, 0.25) is 0 Å². The summed E-state index contributed by atoms with van der Waals surface area (Å²) in [6.45, 7) is 6.77. The van der Waals surface area contributed by atoms with Crippen molar-refractivity contribution in [2.24, 2.45) is 0 Å². The van der Waals surface area contributed by atoms with Gasteiger partial charge in [0.25, 0.3) is 0 Å². The van der Waals surface area contributed by atoms with Crippen molar-refractivity contribution in [3.8, 4) is 17.4 Å². The quantitative estimate of drug-likeness (QED) is 0.764. The molecule has 2 aromatic rings. The van der Waals surface area contributed by atoms with E-state index in [-0.39, 0.29) is 11.9 Å². The van der Waals surface area contributed by atoms with Gasteiger partial charge in [-0.1, -0.05) is 24.3 Å².